The molecule has 1 aromatic heterocycles. The summed E-state index contributed by atoms with van der Waals surface area (Å²) in [6.07, 6.45) is 2.74. The topological polar surface area (TPSA) is 54.7 Å². The van der Waals surface area contributed by atoms with Crippen molar-refractivity contribution in [2.24, 2.45) is 5.73 Å². The lowest BCUT2D eigenvalue weighted by molar-refractivity contribution is 0.450. The largest absolute Gasteiger partial charge is 0.340 e. The highest BCUT2D eigenvalue weighted by molar-refractivity contribution is 5.67. The van der Waals surface area contributed by atoms with E-state index in [1.807, 2.05) is 13.1 Å². The predicted octanol–water partition coefficient (Wildman–Crippen LogP) is 3.59. The van der Waals surface area contributed by atoms with Crippen molar-refractivity contribution in [3.05, 3.63) is 40.8 Å². The van der Waals surface area contributed by atoms with E-state index in [0.29, 0.717) is 0 Å². The summed E-state index contributed by atoms with van der Waals surface area (Å²) in [7, 11) is 0. The van der Waals surface area contributed by atoms with Crippen LogP contribution in [0.2, 0.25) is 0 Å². The molecule has 0 saturated heterocycles. The number of H-pyrrole nitrogens is 1. The van der Waals surface area contributed by atoms with Gasteiger partial charge in [-0.3, -0.25) is 0 Å². The fourth-order valence-electron chi connectivity index (χ4n) is 2.51. The highest BCUT2D eigenvalue weighted by atomic mass is 15.0. The second-order valence-electron chi connectivity index (χ2n) is 5.69. The van der Waals surface area contributed by atoms with Crippen molar-refractivity contribution in [3.8, 4) is 11.3 Å². The van der Waals surface area contributed by atoms with Gasteiger partial charge in [0.05, 0.1) is 17.4 Å². The van der Waals surface area contributed by atoms with Gasteiger partial charge in [0, 0.05) is 5.56 Å². The minimum absolute atomic E-state index is 0.398. The third-order valence-electron chi connectivity index (χ3n) is 3.80. The molecule has 1 aromatic carbocycles. The summed E-state index contributed by atoms with van der Waals surface area (Å²) >= 11 is 0. The molecule has 1 heterocycles. The number of nitrogens with zero attached hydrogens (tertiary/aromatic N) is 1. The highest BCUT2D eigenvalue weighted by Gasteiger charge is 2.23. The zero-order valence-corrected chi connectivity index (χ0v) is 12.5. The van der Waals surface area contributed by atoms with Crippen molar-refractivity contribution in [1.82, 2.24) is 9.97 Å². The van der Waals surface area contributed by atoms with Gasteiger partial charge in [-0.25, -0.2) is 4.98 Å². The number of aryl methyl sites for hydroxylation is 3. The van der Waals surface area contributed by atoms with Crippen LogP contribution in [0.1, 0.15) is 42.8 Å². The van der Waals surface area contributed by atoms with Gasteiger partial charge >= 0.3 is 0 Å². The summed E-state index contributed by atoms with van der Waals surface area (Å²) in [4.78, 5) is 7.84. The van der Waals surface area contributed by atoms with E-state index >= 15 is 0 Å². The number of imidazole rings is 1. The second kappa shape index (κ2) is 4.82. The molecule has 1 atom stereocenters. The number of nitrogens with one attached hydrogen (secondary N) is 1. The van der Waals surface area contributed by atoms with Crippen molar-refractivity contribution in [3.63, 3.8) is 0 Å². The second-order valence-corrected chi connectivity index (χ2v) is 5.69. The fraction of sp³-hybridized carbons (Fsp3) is 0.438. The lowest BCUT2D eigenvalue weighted by Crippen LogP contribution is -2.33. The molecule has 0 fully saturated rings. The van der Waals surface area contributed by atoms with Crippen LogP contribution in [0, 0.1) is 20.8 Å². The van der Waals surface area contributed by atoms with Gasteiger partial charge in [0.25, 0.3) is 0 Å². The smallest absolute Gasteiger partial charge is 0.126 e. The summed E-state index contributed by atoms with van der Waals surface area (Å²) in [5.41, 5.74) is 11.9. The molecule has 0 radical (unpaired) electrons. The number of aromatic amines is 1. The Kier molecular flexibility index (Phi) is 3.50. The number of hydrogen-bond donors (Lipinski definition) is 2. The predicted molar refractivity (Wildman–Crippen MR) is 80.1 cm³/mol. The van der Waals surface area contributed by atoms with E-state index < -0.39 is 5.54 Å². The Morgan fingerprint density at radius 1 is 1.21 bits per heavy atom. The van der Waals surface area contributed by atoms with Gasteiger partial charge in [0.1, 0.15) is 5.82 Å². The van der Waals surface area contributed by atoms with E-state index in [4.69, 9.17) is 5.73 Å². The summed E-state index contributed by atoms with van der Waals surface area (Å²) in [5, 5.41) is 0. The first kappa shape index (κ1) is 13.8. The third-order valence-corrected chi connectivity index (χ3v) is 3.80. The zero-order valence-electron chi connectivity index (χ0n) is 12.5. The Labute approximate surface area is 115 Å². The Bertz CT molecular complexity index is 571. The number of aromatic nitrogens is 2. The van der Waals surface area contributed by atoms with Crippen LogP contribution < -0.4 is 5.73 Å². The SMILES string of the molecule is CCC(C)(N)c1ncc(-c2c(C)cc(C)cc2C)[nH]1. The number of benzene rings is 1. The first-order valence-corrected chi connectivity index (χ1v) is 6.77. The molecule has 0 bridgehead atoms. The van der Waals surface area contributed by atoms with Crippen LogP contribution in [0.15, 0.2) is 18.3 Å². The van der Waals surface area contributed by atoms with Crippen LogP contribution in [-0.4, -0.2) is 9.97 Å². The van der Waals surface area contributed by atoms with E-state index in [1.165, 1.54) is 22.3 Å². The molecule has 19 heavy (non-hydrogen) atoms. The van der Waals surface area contributed by atoms with E-state index in [1.54, 1.807) is 0 Å². The van der Waals surface area contributed by atoms with Crippen molar-refractivity contribution < 1.29 is 0 Å². The van der Waals surface area contributed by atoms with Crippen LogP contribution in [0.25, 0.3) is 11.3 Å². The van der Waals surface area contributed by atoms with Crippen LogP contribution in [0.5, 0.6) is 0 Å². The molecule has 1 unspecified atom stereocenters. The first-order chi connectivity index (χ1) is 8.85. The lowest BCUT2D eigenvalue weighted by Gasteiger charge is -2.19. The summed E-state index contributed by atoms with van der Waals surface area (Å²) < 4.78 is 0. The fourth-order valence-corrected chi connectivity index (χ4v) is 2.51. The van der Waals surface area contributed by atoms with Gasteiger partial charge in [0.15, 0.2) is 0 Å². The van der Waals surface area contributed by atoms with Gasteiger partial charge < -0.3 is 10.7 Å². The first-order valence-electron chi connectivity index (χ1n) is 6.77. The van der Waals surface area contributed by atoms with E-state index in [9.17, 15) is 0 Å². The molecule has 2 aromatic rings. The third kappa shape index (κ3) is 2.56. The van der Waals surface area contributed by atoms with Crippen molar-refractivity contribution >= 4 is 0 Å². The van der Waals surface area contributed by atoms with Gasteiger partial charge in [-0.15, -0.1) is 0 Å². The molecule has 3 nitrogen and oxygen atoms in total. The molecule has 102 valence electrons. The van der Waals surface area contributed by atoms with Crippen LogP contribution in [-0.2, 0) is 5.54 Å². The zero-order chi connectivity index (χ0) is 14.2. The average Bonchev–Trinajstić information content (AvgIpc) is 2.77. The van der Waals surface area contributed by atoms with Crippen LogP contribution in [0.4, 0.5) is 0 Å². The molecular weight excluding hydrogens is 234 g/mol. The molecular formula is C16H23N3. The summed E-state index contributed by atoms with van der Waals surface area (Å²) in [5.74, 6) is 0.851. The van der Waals surface area contributed by atoms with Gasteiger partial charge in [0.2, 0.25) is 0 Å². The van der Waals surface area contributed by atoms with E-state index in [2.05, 4.69) is 49.8 Å². The van der Waals surface area contributed by atoms with Crippen LogP contribution in [0.3, 0.4) is 0 Å². The Balaban J connectivity index is 2.50. The Morgan fingerprint density at radius 2 is 1.79 bits per heavy atom. The summed E-state index contributed by atoms with van der Waals surface area (Å²) in [6, 6.07) is 4.40. The molecule has 0 aliphatic carbocycles. The molecule has 0 aliphatic rings. The number of rotatable bonds is 3. The molecule has 0 aliphatic heterocycles. The molecule has 0 amide bonds. The van der Waals surface area contributed by atoms with Crippen molar-refractivity contribution in [2.75, 3.05) is 0 Å². The van der Waals surface area contributed by atoms with Gasteiger partial charge in [-0.2, -0.15) is 0 Å². The van der Waals surface area contributed by atoms with Gasteiger partial charge in [-0.1, -0.05) is 24.6 Å². The Hall–Kier alpha value is -1.61. The molecule has 2 rings (SSSR count). The maximum absolute atomic E-state index is 6.24. The standard InChI is InChI=1S/C16H23N3/c1-6-16(5,17)15-18-9-13(19-15)14-11(3)7-10(2)8-12(14)4/h7-9H,6,17H2,1-5H3,(H,18,19). The van der Waals surface area contributed by atoms with E-state index in [-0.39, 0.29) is 0 Å². The molecule has 0 spiro atoms. The van der Waals surface area contributed by atoms with E-state index in [0.717, 1.165) is 17.9 Å². The summed E-state index contributed by atoms with van der Waals surface area (Å²) in [6.45, 7) is 10.5. The van der Waals surface area contributed by atoms with Crippen molar-refractivity contribution in [1.29, 1.82) is 0 Å². The quantitative estimate of drug-likeness (QED) is 0.883. The minimum atomic E-state index is -0.398. The molecule has 3 N–H and O–H groups in total. The maximum atomic E-state index is 6.24. The highest BCUT2D eigenvalue weighted by Crippen LogP contribution is 2.29. The monoisotopic (exact) mass is 257 g/mol. The average molecular weight is 257 g/mol. The van der Waals surface area contributed by atoms with Gasteiger partial charge in [-0.05, 0) is 45.2 Å². The molecule has 0 saturated carbocycles. The normalized spacial score (nSPS) is 14.4. The number of hydrogen-bond acceptors (Lipinski definition) is 2. The number of nitrogens with two attached hydrogens (primary N) is 1. The minimum Gasteiger partial charge on any atom is -0.340 e. The maximum Gasteiger partial charge on any atom is 0.126 e. The van der Waals surface area contributed by atoms with Crippen molar-refractivity contribution in [2.45, 2.75) is 46.6 Å². The van der Waals surface area contributed by atoms with Crippen LogP contribution >= 0.6 is 0 Å². The Morgan fingerprint density at radius 3 is 2.32 bits per heavy atom. The lowest BCUT2D eigenvalue weighted by atomic mass is 9.97. The molecule has 3 heteroatoms.